The summed E-state index contributed by atoms with van der Waals surface area (Å²) in [7, 11) is 0. The molecule has 10 heteroatoms. The Hall–Kier alpha value is -3.30. The number of rotatable bonds is 4. The second kappa shape index (κ2) is 8.83. The maximum absolute atomic E-state index is 14.8. The third-order valence-corrected chi connectivity index (χ3v) is 4.71. The molecule has 1 aromatic heterocycles. The Labute approximate surface area is 179 Å². The lowest BCUT2D eigenvalue weighted by Gasteiger charge is -2.36. The van der Waals surface area contributed by atoms with E-state index in [9.17, 15) is 18.8 Å². The Morgan fingerprint density at radius 3 is 2.45 bits per heavy atom. The van der Waals surface area contributed by atoms with Crippen LogP contribution in [0.25, 0.3) is 11.1 Å². The van der Waals surface area contributed by atoms with Gasteiger partial charge in [0.2, 0.25) is 5.91 Å². The molecule has 2 amide bonds. The maximum Gasteiger partial charge on any atom is 0.410 e. The zero-order valence-electron chi connectivity index (χ0n) is 18.1. The third kappa shape index (κ3) is 5.65. The van der Waals surface area contributed by atoms with Crippen molar-refractivity contribution in [2.75, 3.05) is 31.1 Å². The van der Waals surface area contributed by atoms with Crippen LogP contribution >= 0.6 is 0 Å². The number of hydrogen-bond donors (Lipinski definition) is 1. The summed E-state index contributed by atoms with van der Waals surface area (Å²) in [5.74, 6) is -0.739. The molecule has 2 aromatic rings. The minimum atomic E-state index is -0.622. The van der Waals surface area contributed by atoms with Crippen LogP contribution in [0.4, 0.5) is 14.9 Å². The zero-order valence-corrected chi connectivity index (χ0v) is 18.1. The summed E-state index contributed by atoms with van der Waals surface area (Å²) in [4.78, 5) is 38.8. The molecular weight excluding hydrogens is 407 g/mol. The van der Waals surface area contributed by atoms with Crippen LogP contribution in [0.15, 0.2) is 33.7 Å². The van der Waals surface area contributed by atoms with E-state index in [1.807, 2.05) is 25.7 Å². The molecule has 0 bridgehead atoms. The highest BCUT2D eigenvalue weighted by Crippen LogP contribution is 2.26. The van der Waals surface area contributed by atoms with Crippen LogP contribution in [0.1, 0.15) is 27.7 Å². The van der Waals surface area contributed by atoms with Crippen LogP contribution in [-0.2, 0) is 16.2 Å². The number of halogens is 1. The number of aromatic nitrogens is 1. The normalized spacial score (nSPS) is 14.5. The number of anilines is 1. The number of benzene rings is 1. The van der Waals surface area contributed by atoms with E-state index in [1.54, 1.807) is 17.0 Å². The van der Waals surface area contributed by atoms with E-state index in [1.165, 1.54) is 23.9 Å². The Morgan fingerprint density at radius 2 is 1.87 bits per heavy atom. The van der Waals surface area contributed by atoms with Gasteiger partial charge in [-0.3, -0.25) is 4.79 Å². The number of nitrogens with zero attached hydrogens (tertiary/aromatic N) is 3. The van der Waals surface area contributed by atoms with Gasteiger partial charge in [0, 0.05) is 33.1 Å². The van der Waals surface area contributed by atoms with Crippen LogP contribution in [0, 0.1) is 5.82 Å². The van der Waals surface area contributed by atoms with Crippen molar-refractivity contribution in [2.24, 2.45) is 0 Å². The van der Waals surface area contributed by atoms with Gasteiger partial charge in [-0.25, -0.2) is 14.0 Å². The van der Waals surface area contributed by atoms with E-state index in [0.29, 0.717) is 37.4 Å². The van der Waals surface area contributed by atoms with E-state index in [2.05, 4.69) is 5.32 Å². The molecule has 168 valence electrons. The van der Waals surface area contributed by atoms with E-state index in [4.69, 9.17) is 9.26 Å². The lowest BCUT2D eigenvalue weighted by atomic mass is 10.1. The molecule has 1 aromatic carbocycles. The molecule has 0 unspecified atom stereocenters. The molecule has 0 aliphatic carbocycles. The smallest absolute Gasteiger partial charge is 0.410 e. The van der Waals surface area contributed by atoms with Crippen LogP contribution in [-0.4, -0.2) is 53.4 Å². The third-order valence-electron chi connectivity index (χ3n) is 4.71. The standard InChI is InChI=1S/C21H27FN4O5/c1-14(27)23-13-26-12-16(19(28)31-26)15-5-6-18(17(22)11-15)24-7-9-25(10-8-24)20(29)30-21(2,3)4/h5-6,11-12H,7-10,13H2,1-4H3,(H,23,27). The molecule has 0 radical (unpaired) electrons. The number of amides is 2. The summed E-state index contributed by atoms with van der Waals surface area (Å²) in [6, 6.07) is 4.54. The van der Waals surface area contributed by atoms with Gasteiger partial charge >= 0.3 is 11.7 Å². The molecule has 0 saturated carbocycles. The summed E-state index contributed by atoms with van der Waals surface area (Å²) in [6.45, 7) is 8.57. The highest BCUT2D eigenvalue weighted by molar-refractivity contribution is 5.72. The van der Waals surface area contributed by atoms with Crippen LogP contribution in [0.5, 0.6) is 0 Å². The Morgan fingerprint density at radius 1 is 1.19 bits per heavy atom. The number of piperazine rings is 1. The summed E-state index contributed by atoms with van der Waals surface area (Å²) < 4.78 is 26.4. The quantitative estimate of drug-likeness (QED) is 0.794. The largest absolute Gasteiger partial charge is 0.444 e. The van der Waals surface area contributed by atoms with Crippen molar-refractivity contribution in [3.63, 3.8) is 0 Å². The minimum absolute atomic E-state index is 0.00701. The molecule has 1 saturated heterocycles. The number of hydrogen-bond acceptors (Lipinski definition) is 6. The van der Waals surface area contributed by atoms with E-state index >= 15 is 0 Å². The second-order valence-electron chi connectivity index (χ2n) is 8.35. The van der Waals surface area contributed by atoms with Crippen molar-refractivity contribution < 1.29 is 23.2 Å². The second-order valence-corrected chi connectivity index (χ2v) is 8.35. The van der Waals surface area contributed by atoms with Gasteiger partial charge in [0.15, 0.2) is 0 Å². The fraction of sp³-hybridized carbons (Fsp3) is 0.476. The monoisotopic (exact) mass is 434 g/mol. The fourth-order valence-corrected chi connectivity index (χ4v) is 3.23. The summed E-state index contributed by atoms with van der Waals surface area (Å²) in [5, 5.41) is 2.51. The van der Waals surface area contributed by atoms with Crippen molar-refractivity contribution in [3.05, 3.63) is 40.6 Å². The molecular formula is C21H27FN4O5. The molecule has 2 heterocycles. The maximum atomic E-state index is 14.8. The first-order chi connectivity index (χ1) is 14.5. The van der Waals surface area contributed by atoms with Crippen LogP contribution in [0.3, 0.4) is 0 Å². The highest BCUT2D eigenvalue weighted by Gasteiger charge is 2.27. The average Bonchev–Trinajstić information content (AvgIpc) is 3.06. The summed E-state index contributed by atoms with van der Waals surface area (Å²) >= 11 is 0. The van der Waals surface area contributed by atoms with Crippen molar-refractivity contribution >= 4 is 17.7 Å². The lowest BCUT2D eigenvalue weighted by molar-refractivity contribution is -0.119. The molecule has 0 spiro atoms. The number of nitrogens with one attached hydrogen (secondary N) is 1. The fourth-order valence-electron chi connectivity index (χ4n) is 3.23. The average molecular weight is 434 g/mol. The lowest BCUT2D eigenvalue weighted by Crippen LogP contribution is -2.50. The topological polar surface area (TPSA) is 97.0 Å². The van der Waals surface area contributed by atoms with Crippen LogP contribution < -0.4 is 15.8 Å². The van der Waals surface area contributed by atoms with Crippen molar-refractivity contribution in [1.82, 2.24) is 15.0 Å². The van der Waals surface area contributed by atoms with Gasteiger partial charge in [0.1, 0.15) is 18.1 Å². The predicted octanol–water partition coefficient (Wildman–Crippen LogP) is 2.40. The van der Waals surface area contributed by atoms with Gasteiger partial charge in [-0.1, -0.05) is 6.07 Å². The van der Waals surface area contributed by atoms with Gasteiger partial charge in [0.05, 0.1) is 17.4 Å². The number of ether oxygens (including phenoxy) is 1. The first-order valence-corrected chi connectivity index (χ1v) is 10.0. The minimum Gasteiger partial charge on any atom is -0.444 e. The zero-order chi connectivity index (χ0) is 22.8. The van der Waals surface area contributed by atoms with E-state index in [-0.39, 0.29) is 24.2 Å². The molecule has 1 fully saturated rings. The van der Waals surface area contributed by atoms with E-state index in [0.717, 1.165) is 0 Å². The van der Waals surface area contributed by atoms with Gasteiger partial charge in [-0.2, -0.15) is 4.74 Å². The predicted molar refractivity (Wildman–Crippen MR) is 112 cm³/mol. The molecule has 31 heavy (non-hydrogen) atoms. The number of carbonyl (C=O) groups is 2. The number of carbonyl (C=O) groups excluding carboxylic acids is 2. The molecule has 1 aliphatic heterocycles. The summed E-state index contributed by atoms with van der Waals surface area (Å²) in [5.41, 5.74) is -0.211. The van der Waals surface area contributed by atoms with Crippen molar-refractivity contribution in [3.8, 4) is 11.1 Å². The van der Waals surface area contributed by atoms with Gasteiger partial charge < -0.3 is 24.4 Å². The first-order valence-electron chi connectivity index (χ1n) is 10.0. The molecule has 3 rings (SSSR count). The SMILES string of the molecule is CC(=O)NCn1cc(-c2ccc(N3CCN(C(=O)OC(C)(C)C)CC3)c(F)c2)c(=O)o1. The molecule has 9 nitrogen and oxygen atoms in total. The van der Waals surface area contributed by atoms with Crippen molar-refractivity contribution in [1.29, 1.82) is 0 Å². The van der Waals surface area contributed by atoms with Gasteiger partial charge in [0.25, 0.3) is 0 Å². The highest BCUT2D eigenvalue weighted by atomic mass is 19.1. The summed E-state index contributed by atoms with van der Waals surface area (Å²) in [6.07, 6.45) is 1.05. The Balaban J connectivity index is 1.68. The molecule has 1 N–H and O–H groups in total. The van der Waals surface area contributed by atoms with Gasteiger partial charge in [-0.15, -0.1) is 0 Å². The van der Waals surface area contributed by atoms with Gasteiger partial charge in [-0.05, 0) is 38.5 Å². The van der Waals surface area contributed by atoms with E-state index < -0.39 is 17.0 Å². The Bertz CT molecular complexity index is 1020. The first kappa shape index (κ1) is 22.4. The van der Waals surface area contributed by atoms with Crippen molar-refractivity contribution in [2.45, 2.75) is 40.0 Å². The molecule has 0 atom stereocenters. The molecule has 1 aliphatic rings. The Kier molecular flexibility index (Phi) is 6.37. The van der Waals surface area contributed by atoms with Crippen LogP contribution in [0.2, 0.25) is 0 Å².